The molecule has 200 valence electrons. The minimum absolute atomic E-state index is 0.138. The van der Waals surface area contributed by atoms with Gasteiger partial charge in [0.15, 0.2) is 6.54 Å². The van der Waals surface area contributed by atoms with Gasteiger partial charge in [-0.25, -0.2) is 4.79 Å². The number of likely N-dealkylation sites (N-methyl/N-ethyl adjacent to an activating group) is 1. The summed E-state index contributed by atoms with van der Waals surface area (Å²) >= 11 is 0. The topological polar surface area (TPSA) is 35.5 Å². The molecule has 0 saturated heterocycles. The fourth-order valence-corrected chi connectivity index (χ4v) is 4.54. The molecule has 36 heavy (non-hydrogen) atoms. The molecule has 4 heteroatoms. The van der Waals surface area contributed by atoms with Crippen LogP contribution in [-0.4, -0.2) is 44.3 Å². The maximum absolute atomic E-state index is 12.3. The molecular weight excluding hydrogens is 446 g/mol. The van der Waals surface area contributed by atoms with Gasteiger partial charge in [-0.1, -0.05) is 101 Å². The Hall–Kier alpha value is -2.33. The molecule has 0 fully saturated rings. The molecule has 0 aliphatic carbocycles. The number of hydrogen-bond acceptors (Lipinski definition) is 3. The second-order valence-electron chi connectivity index (χ2n) is 10.7. The van der Waals surface area contributed by atoms with Crippen LogP contribution < -0.4 is 4.74 Å². The molecule has 0 spiro atoms. The summed E-state index contributed by atoms with van der Waals surface area (Å²) in [4.78, 5) is 12.3. The lowest BCUT2D eigenvalue weighted by Crippen LogP contribution is -2.43. The van der Waals surface area contributed by atoms with Gasteiger partial charge >= 0.3 is 5.97 Å². The highest BCUT2D eigenvalue weighted by atomic mass is 16.5. The highest BCUT2D eigenvalue weighted by Gasteiger charge is 2.21. The summed E-state index contributed by atoms with van der Waals surface area (Å²) in [6.07, 6.45) is 15.0. The van der Waals surface area contributed by atoms with Crippen LogP contribution in [0, 0.1) is 0 Å². The summed E-state index contributed by atoms with van der Waals surface area (Å²) in [5, 5.41) is 0. The second kappa shape index (κ2) is 18.0. The molecule has 0 radical (unpaired) electrons. The molecular formula is C32H50NO3+. The van der Waals surface area contributed by atoms with Gasteiger partial charge < -0.3 is 14.0 Å². The number of unbranched alkanes of at least 4 members (excludes halogenated alkanes) is 9. The number of hydrogen-bond donors (Lipinski definition) is 0. The number of carbonyl (C=O) groups excluding carboxylic acids is 1. The third-order valence-corrected chi connectivity index (χ3v) is 6.55. The van der Waals surface area contributed by atoms with Crippen molar-refractivity contribution >= 4 is 5.97 Å². The molecule has 0 aliphatic heterocycles. The van der Waals surface area contributed by atoms with Crippen LogP contribution >= 0.6 is 0 Å². The van der Waals surface area contributed by atoms with Crippen LogP contribution in [0.1, 0.15) is 88.7 Å². The van der Waals surface area contributed by atoms with Crippen LogP contribution in [0.5, 0.6) is 5.75 Å². The lowest BCUT2D eigenvalue weighted by atomic mass is 10.0. The van der Waals surface area contributed by atoms with Crippen molar-refractivity contribution in [3.63, 3.8) is 0 Å². The highest BCUT2D eigenvalue weighted by Crippen LogP contribution is 2.17. The summed E-state index contributed by atoms with van der Waals surface area (Å²) in [6, 6.07) is 18.8. The van der Waals surface area contributed by atoms with Crippen LogP contribution in [0.25, 0.3) is 0 Å². The van der Waals surface area contributed by atoms with Gasteiger partial charge in [0.2, 0.25) is 0 Å². The number of esters is 1. The normalized spacial score (nSPS) is 11.4. The monoisotopic (exact) mass is 496 g/mol. The molecule has 0 saturated carbocycles. The third-order valence-electron chi connectivity index (χ3n) is 6.55. The zero-order chi connectivity index (χ0) is 25.9. The SMILES string of the molecule is CCCCCCCCCCCc1cccc(OCCCCOC(=O)C[N+](C)(C)Cc2ccccc2)c1. The molecule has 2 aromatic carbocycles. The number of carbonyl (C=O) groups is 1. The molecule has 0 amide bonds. The van der Waals surface area contributed by atoms with Gasteiger partial charge in [0, 0.05) is 5.56 Å². The van der Waals surface area contributed by atoms with Crippen LogP contribution in [-0.2, 0) is 22.5 Å². The number of benzene rings is 2. The lowest BCUT2D eigenvalue weighted by molar-refractivity contribution is -0.896. The Morgan fingerprint density at radius 2 is 1.36 bits per heavy atom. The number of rotatable bonds is 20. The maximum atomic E-state index is 12.3. The first-order chi connectivity index (χ1) is 17.5. The van der Waals surface area contributed by atoms with Crippen LogP contribution in [0.15, 0.2) is 54.6 Å². The fraction of sp³-hybridized carbons (Fsp3) is 0.594. The lowest BCUT2D eigenvalue weighted by Gasteiger charge is -2.28. The molecule has 0 bridgehead atoms. The van der Waals surface area contributed by atoms with Gasteiger partial charge in [0.05, 0.1) is 27.3 Å². The smallest absolute Gasteiger partial charge is 0.361 e. The Kier molecular flexibility index (Phi) is 14.9. The van der Waals surface area contributed by atoms with Crippen molar-refractivity contribution in [2.24, 2.45) is 0 Å². The minimum Gasteiger partial charge on any atom is -0.494 e. The van der Waals surface area contributed by atoms with Crippen molar-refractivity contribution in [3.05, 3.63) is 65.7 Å². The summed E-state index contributed by atoms with van der Waals surface area (Å²) in [5.41, 5.74) is 2.59. The zero-order valence-electron chi connectivity index (χ0n) is 23.2. The van der Waals surface area contributed by atoms with Crippen molar-refractivity contribution in [3.8, 4) is 5.75 Å². The van der Waals surface area contributed by atoms with Gasteiger partial charge in [-0.15, -0.1) is 0 Å². The van der Waals surface area contributed by atoms with Crippen molar-refractivity contribution in [2.45, 2.75) is 90.5 Å². The van der Waals surface area contributed by atoms with Gasteiger partial charge in [-0.2, -0.15) is 0 Å². The Balaban J connectivity index is 1.51. The number of ether oxygens (including phenoxy) is 2. The van der Waals surface area contributed by atoms with E-state index < -0.39 is 0 Å². The summed E-state index contributed by atoms with van der Waals surface area (Å²) in [5.74, 6) is 0.807. The molecule has 0 N–H and O–H groups in total. The fourth-order valence-electron chi connectivity index (χ4n) is 4.54. The van der Waals surface area contributed by atoms with E-state index in [1.54, 1.807) is 0 Å². The molecule has 0 unspecified atom stereocenters. The largest absolute Gasteiger partial charge is 0.494 e. The number of nitrogens with zero attached hydrogens (tertiary/aromatic N) is 1. The first kappa shape index (κ1) is 29.9. The molecule has 0 heterocycles. The first-order valence-corrected chi connectivity index (χ1v) is 14.2. The predicted octanol–water partition coefficient (Wildman–Crippen LogP) is 7.74. The number of aryl methyl sites for hydroxylation is 1. The van der Waals surface area contributed by atoms with E-state index in [0.717, 1.165) is 31.6 Å². The van der Waals surface area contributed by atoms with E-state index >= 15 is 0 Å². The minimum atomic E-state index is -0.138. The molecule has 0 aromatic heterocycles. The van der Waals surface area contributed by atoms with E-state index in [1.807, 2.05) is 24.3 Å². The molecule has 4 nitrogen and oxygen atoms in total. The average molecular weight is 497 g/mol. The van der Waals surface area contributed by atoms with Crippen LogP contribution in [0.3, 0.4) is 0 Å². The zero-order valence-corrected chi connectivity index (χ0v) is 23.2. The van der Waals surface area contributed by atoms with E-state index in [-0.39, 0.29) is 5.97 Å². The van der Waals surface area contributed by atoms with E-state index in [2.05, 4.69) is 51.4 Å². The second-order valence-corrected chi connectivity index (χ2v) is 10.7. The Morgan fingerprint density at radius 3 is 2.08 bits per heavy atom. The van der Waals surface area contributed by atoms with Gasteiger partial charge in [0.1, 0.15) is 12.3 Å². The predicted molar refractivity (Wildman–Crippen MR) is 150 cm³/mol. The summed E-state index contributed by atoms with van der Waals surface area (Å²) in [6.45, 7) is 4.55. The quantitative estimate of drug-likeness (QED) is 0.107. The van der Waals surface area contributed by atoms with Crippen molar-refractivity contribution in [1.82, 2.24) is 0 Å². The maximum Gasteiger partial charge on any atom is 0.361 e. The average Bonchev–Trinajstić information content (AvgIpc) is 2.85. The van der Waals surface area contributed by atoms with Gasteiger partial charge in [-0.05, 0) is 43.4 Å². The van der Waals surface area contributed by atoms with E-state index in [0.29, 0.717) is 24.2 Å². The van der Waals surface area contributed by atoms with Gasteiger partial charge in [-0.3, -0.25) is 0 Å². The van der Waals surface area contributed by atoms with Crippen LogP contribution in [0.2, 0.25) is 0 Å². The van der Waals surface area contributed by atoms with Gasteiger partial charge in [0.25, 0.3) is 0 Å². The molecule has 0 atom stereocenters. The Morgan fingerprint density at radius 1 is 0.722 bits per heavy atom. The van der Waals surface area contributed by atoms with E-state index in [9.17, 15) is 4.79 Å². The number of quaternary nitrogens is 1. The van der Waals surface area contributed by atoms with E-state index in [4.69, 9.17) is 9.47 Å². The molecule has 0 aliphatic rings. The van der Waals surface area contributed by atoms with Crippen molar-refractivity contribution in [1.29, 1.82) is 0 Å². The Bertz CT molecular complexity index is 834. The summed E-state index contributed by atoms with van der Waals surface area (Å²) < 4.78 is 12.0. The Labute approximate surface area is 220 Å². The molecule has 2 aromatic rings. The summed E-state index contributed by atoms with van der Waals surface area (Å²) in [7, 11) is 4.12. The standard InChI is InChI=1S/C32H50NO3/c1-4-5-6-7-8-9-10-11-13-19-29-22-18-23-31(26-29)35-24-16-17-25-36-32(34)28-33(2,3)27-30-20-14-12-15-21-30/h12,14-15,18,20-23,26H,4-11,13,16-17,19,24-25,27-28H2,1-3H3/q+1. The van der Waals surface area contributed by atoms with Crippen molar-refractivity contribution in [2.75, 3.05) is 33.9 Å². The molecule has 2 rings (SSSR count). The van der Waals surface area contributed by atoms with Crippen LogP contribution in [0.4, 0.5) is 0 Å². The highest BCUT2D eigenvalue weighted by molar-refractivity contribution is 5.70. The van der Waals surface area contributed by atoms with Crippen molar-refractivity contribution < 1.29 is 18.8 Å². The van der Waals surface area contributed by atoms with E-state index in [1.165, 1.54) is 68.9 Å². The third kappa shape index (κ3) is 14.3. The first-order valence-electron chi connectivity index (χ1n) is 14.2.